The number of nitrogens with one attached hydrogen (secondary N) is 1. The van der Waals surface area contributed by atoms with Gasteiger partial charge < -0.3 is 15.5 Å². The molecule has 2 bridgehead atoms. The Morgan fingerprint density at radius 1 is 1.13 bits per heavy atom. The molecule has 3 saturated carbocycles. The Bertz CT molecular complexity index is 1150. The van der Waals surface area contributed by atoms with Crippen molar-refractivity contribution in [2.75, 3.05) is 6.61 Å². The predicted molar refractivity (Wildman–Crippen MR) is 149 cm³/mol. The SMILES string of the molecule is CC(O)[C@@H]1[C@H](CO)ON(Cc2cccc(/C=C/c3ccccc3)c2)[C@@H]1C(=O)N[C@H]1C[C@H]2C[C@@H](C1C)C2(C)C. The minimum absolute atomic E-state index is 0.121. The largest absolute Gasteiger partial charge is 0.394 e. The van der Waals surface area contributed by atoms with E-state index in [1.807, 2.05) is 36.4 Å². The van der Waals surface area contributed by atoms with Crippen LogP contribution in [0.3, 0.4) is 0 Å². The van der Waals surface area contributed by atoms with Crippen LogP contribution in [0.15, 0.2) is 54.6 Å². The number of aliphatic hydroxyl groups is 2. The van der Waals surface area contributed by atoms with Gasteiger partial charge in [-0.1, -0.05) is 87.5 Å². The van der Waals surface area contributed by atoms with Crippen LogP contribution >= 0.6 is 0 Å². The van der Waals surface area contributed by atoms with E-state index >= 15 is 0 Å². The summed E-state index contributed by atoms with van der Waals surface area (Å²) < 4.78 is 0. The molecule has 8 atom stereocenters. The van der Waals surface area contributed by atoms with E-state index in [1.54, 1.807) is 12.0 Å². The Labute approximate surface area is 226 Å². The minimum atomic E-state index is -0.802. The number of hydroxylamine groups is 2. The summed E-state index contributed by atoms with van der Waals surface area (Å²) in [6, 6.07) is 17.7. The lowest BCUT2D eigenvalue weighted by molar-refractivity contribution is -0.183. The van der Waals surface area contributed by atoms with Crippen LogP contribution < -0.4 is 5.32 Å². The number of rotatable bonds is 8. The monoisotopic (exact) mass is 518 g/mol. The molecule has 2 unspecified atom stereocenters. The standard InChI is InChI=1S/C32H42N2O4/c1-20-26-16-25(32(26,3)4)17-27(20)33-31(37)30-29(21(2)36)28(19-35)38-34(30)18-24-12-8-11-23(15-24)14-13-22-9-6-5-7-10-22/h5-15,20-21,25-30,35-36H,16-19H2,1-4H3,(H,33,37)/b14-13+/t20?,21?,25-,26+,27+,28+,29-,30+/m1/s1. The number of carbonyl (C=O) groups excluding carboxylic acids is 1. The second-order valence-corrected chi connectivity index (χ2v) is 12.2. The third kappa shape index (κ3) is 5.20. The van der Waals surface area contributed by atoms with Gasteiger partial charge in [0.25, 0.3) is 0 Å². The molecule has 2 aromatic carbocycles. The van der Waals surface area contributed by atoms with Gasteiger partial charge >= 0.3 is 0 Å². The molecule has 1 saturated heterocycles. The summed E-state index contributed by atoms with van der Waals surface area (Å²) >= 11 is 0. The zero-order valence-electron chi connectivity index (χ0n) is 23.0. The molecule has 204 valence electrons. The Balaban J connectivity index is 1.33. The Morgan fingerprint density at radius 2 is 1.84 bits per heavy atom. The fraction of sp³-hybridized carbons (Fsp3) is 0.531. The molecule has 0 spiro atoms. The Hall–Kier alpha value is -2.51. The van der Waals surface area contributed by atoms with Crippen LogP contribution in [0.5, 0.6) is 0 Å². The molecule has 3 N–H and O–H groups in total. The highest BCUT2D eigenvalue weighted by atomic mass is 16.7. The summed E-state index contributed by atoms with van der Waals surface area (Å²) in [7, 11) is 0. The van der Waals surface area contributed by atoms with Crippen LogP contribution in [0.25, 0.3) is 12.2 Å². The molecule has 1 aliphatic heterocycles. The first-order chi connectivity index (χ1) is 18.2. The second-order valence-electron chi connectivity index (χ2n) is 12.2. The van der Waals surface area contributed by atoms with Crippen LogP contribution in [0.4, 0.5) is 0 Å². The normalized spacial score (nSPS) is 33.2. The van der Waals surface area contributed by atoms with E-state index in [0.29, 0.717) is 29.7 Å². The van der Waals surface area contributed by atoms with E-state index in [1.165, 1.54) is 6.42 Å². The first-order valence-corrected chi connectivity index (χ1v) is 14.0. The second kappa shape index (κ2) is 10.9. The summed E-state index contributed by atoms with van der Waals surface area (Å²) in [6.07, 6.45) is 4.94. The molecule has 1 heterocycles. The number of carbonyl (C=O) groups is 1. The van der Waals surface area contributed by atoms with E-state index in [2.05, 4.69) is 56.4 Å². The van der Waals surface area contributed by atoms with Gasteiger partial charge in [0.05, 0.1) is 19.3 Å². The van der Waals surface area contributed by atoms with Crippen molar-refractivity contribution < 1.29 is 19.8 Å². The Morgan fingerprint density at radius 3 is 2.50 bits per heavy atom. The molecular formula is C32H42N2O4. The molecule has 2 aromatic rings. The molecule has 4 fully saturated rings. The molecule has 0 radical (unpaired) electrons. The average molecular weight is 519 g/mol. The molecule has 0 aromatic heterocycles. The fourth-order valence-electron chi connectivity index (χ4n) is 7.22. The quantitative estimate of drug-likeness (QED) is 0.448. The number of amides is 1. The fourth-order valence-corrected chi connectivity index (χ4v) is 7.22. The minimum Gasteiger partial charge on any atom is -0.394 e. The van der Waals surface area contributed by atoms with E-state index in [4.69, 9.17) is 4.84 Å². The van der Waals surface area contributed by atoms with Crippen molar-refractivity contribution in [1.82, 2.24) is 10.4 Å². The molecule has 1 amide bonds. The third-order valence-corrected chi connectivity index (χ3v) is 9.62. The zero-order chi connectivity index (χ0) is 27.0. The van der Waals surface area contributed by atoms with Crippen molar-refractivity contribution in [3.05, 3.63) is 71.3 Å². The highest BCUT2D eigenvalue weighted by Crippen LogP contribution is 2.61. The molecule has 4 aliphatic rings. The van der Waals surface area contributed by atoms with E-state index in [9.17, 15) is 15.0 Å². The van der Waals surface area contributed by atoms with Gasteiger partial charge in [-0.25, -0.2) is 0 Å². The van der Waals surface area contributed by atoms with E-state index in [-0.39, 0.29) is 18.6 Å². The highest BCUT2D eigenvalue weighted by molar-refractivity contribution is 5.83. The van der Waals surface area contributed by atoms with Gasteiger partial charge in [0.2, 0.25) is 5.91 Å². The molecule has 38 heavy (non-hydrogen) atoms. The first-order valence-electron chi connectivity index (χ1n) is 14.0. The van der Waals surface area contributed by atoms with E-state index in [0.717, 1.165) is 23.1 Å². The van der Waals surface area contributed by atoms with Crippen LogP contribution in [0.2, 0.25) is 0 Å². The lowest BCUT2D eigenvalue weighted by Gasteiger charge is -2.62. The Kier molecular flexibility index (Phi) is 7.79. The highest BCUT2D eigenvalue weighted by Gasteiger charge is 2.57. The van der Waals surface area contributed by atoms with Gasteiger partial charge in [-0.15, -0.1) is 0 Å². The zero-order valence-corrected chi connectivity index (χ0v) is 23.0. The maximum absolute atomic E-state index is 13.8. The molecule has 6 heteroatoms. The van der Waals surface area contributed by atoms with Crippen LogP contribution in [-0.2, 0) is 16.2 Å². The number of fused-ring (bicyclic) bond motifs is 2. The molecular weight excluding hydrogens is 476 g/mol. The van der Waals surface area contributed by atoms with Crippen molar-refractivity contribution in [3.8, 4) is 0 Å². The third-order valence-electron chi connectivity index (χ3n) is 9.62. The molecule has 6 nitrogen and oxygen atoms in total. The number of benzene rings is 2. The van der Waals surface area contributed by atoms with Gasteiger partial charge in [-0.2, -0.15) is 5.06 Å². The average Bonchev–Trinajstić information content (AvgIpc) is 3.27. The maximum atomic E-state index is 13.8. The topological polar surface area (TPSA) is 82.0 Å². The van der Waals surface area contributed by atoms with Crippen molar-refractivity contribution in [2.45, 2.75) is 71.4 Å². The molecule has 6 rings (SSSR count). The van der Waals surface area contributed by atoms with Gasteiger partial charge in [-0.05, 0) is 59.6 Å². The van der Waals surface area contributed by atoms with Crippen LogP contribution in [-0.4, -0.2) is 52.1 Å². The van der Waals surface area contributed by atoms with Crippen molar-refractivity contribution in [3.63, 3.8) is 0 Å². The summed E-state index contributed by atoms with van der Waals surface area (Å²) in [4.78, 5) is 19.9. The van der Waals surface area contributed by atoms with Crippen molar-refractivity contribution in [1.29, 1.82) is 0 Å². The lowest BCUT2D eigenvalue weighted by atomic mass is 9.45. The lowest BCUT2D eigenvalue weighted by Crippen LogP contribution is -2.62. The van der Waals surface area contributed by atoms with Gasteiger partial charge in [-0.3, -0.25) is 9.63 Å². The maximum Gasteiger partial charge on any atom is 0.240 e. The number of nitrogens with zero attached hydrogens (tertiary/aromatic N) is 1. The number of hydrogen-bond acceptors (Lipinski definition) is 5. The van der Waals surface area contributed by atoms with Crippen LogP contribution in [0.1, 0.15) is 57.2 Å². The van der Waals surface area contributed by atoms with Gasteiger partial charge in [0.15, 0.2) is 0 Å². The van der Waals surface area contributed by atoms with Crippen molar-refractivity contribution >= 4 is 18.1 Å². The number of hydrogen-bond donors (Lipinski definition) is 3. The van der Waals surface area contributed by atoms with Gasteiger partial charge in [0, 0.05) is 12.0 Å². The summed E-state index contributed by atoms with van der Waals surface area (Å²) in [5, 5.41) is 25.7. The summed E-state index contributed by atoms with van der Waals surface area (Å²) in [6.45, 7) is 8.76. The van der Waals surface area contributed by atoms with E-state index < -0.39 is 24.2 Å². The van der Waals surface area contributed by atoms with Crippen LogP contribution in [0, 0.1) is 29.1 Å². The molecule has 3 aliphatic carbocycles. The smallest absolute Gasteiger partial charge is 0.240 e. The number of aliphatic hydroxyl groups excluding tert-OH is 2. The van der Waals surface area contributed by atoms with Crippen molar-refractivity contribution in [2.24, 2.45) is 29.1 Å². The van der Waals surface area contributed by atoms with Gasteiger partial charge in [0.1, 0.15) is 12.1 Å². The first kappa shape index (κ1) is 27.1. The summed E-state index contributed by atoms with van der Waals surface area (Å²) in [5.74, 6) is 1.01. The predicted octanol–water partition coefficient (Wildman–Crippen LogP) is 4.52. The summed E-state index contributed by atoms with van der Waals surface area (Å²) in [5.41, 5.74) is 3.51.